The van der Waals surface area contributed by atoms with Gasteiger partial charge < -0.3 is 25.0 Å². The number of aryl methyl sites for hydroxylation is 1. The van der Waals surface area contributed by atoms with Crippen LogP contribution in [0.2, 0.25) is 0 Å². The Balaban J connectivity index is 1.43. The van der Waals surface area contributed by atoms with Crippen molar-refractivity contribution in [3.8, 4) is 0 Å². The van der Waals surface area contributed by atoms with E-state index in [0.717, 1.165) is 15.3 Å². The number of nitrogens with zero attached hydrogens (tertiary/aromatic N) is 4. The molecule has 2 amide bonds. The van der Waals surface area contributed by atoms with Gasteiger partial charge in [0.15, 0.2) is 0 Å². The fourth-order valence-electron chi connectivity index (χ4n) is 5.31. The van der Waals surface area contributed by atoms with E-state index in [2.05, 4.69) is 4.98 Å². The van der Waals surface area contributed by atoms with Gasteiger partial charge in [-0.05, 0) is 70.0 Å². The highest BCUT2D eigenvalue weighted by molar-refractivity contribution is 7.93. The maximum atomic E-state index is 14.2. The maximum absolute atomic E-state index is 14.2. The molecule has 0 spiro atoms. The molecule has 0 bridgehead atoms. The number of thiazole rings is 1. The summed E-state index contributed by atoms with van der Waals surface area (Å²) < 4.78 is 41.9. The first kappa shape index (κ1) is 33.0. The number of sulfonamides is 1. The predicted octanol–water partition coefficient (Wildman–Crippen LogP) is 6.03. The molecule has 1 fully saturated rings. The van der Waals surface area contributed by atoms with Crippen LogP contribution in [-0.4, -0.2) is 73.2 Å². The maximum Gasteiger partial charge on any atom is 0.410 e. The van der Waals surface area contributed by atoms with Crippen molar-refractivity contribution in [3.05, 3.63) is 83.4 Å². The minimum Gasteiger partial charge on any atom is -0.445 e. The summed E-state index contributed by atoms with van der Waals surface area (Å²) in [4.78, 5) is 34.1. The molecule has 46 heavy (non-hydrogen) atoms. The lowest BCUT2D eigenvalue weighted by atomic mass is 10.1. The van der Waals surface area contributed by atoms with E-state index in [4.69, 9.17) is 15.2 Å². The second kappa shape index (κ2) is 13.6. The Morgan fingerprint density at radius 2 is 1.74 bits per heavy atom. The van der Waals surface area contributed by atoms with Crippen LogP contribution in [0.4, 0.5) is 21.0 Å². The number of nitrogen functional groups attached to an aromatic ring is 1. The first-order valence-electron chi connectivity index (χ1n) is 15.0. The Kier molecular flexibility index (Phi) is 9.73. The number of carbonyl (C=O) groups excluding carboxylic acids is 2. The number of fused-ring (bicyclic) bond motifs is 1. The molecule has 11 nitrogen and oxygen atoms in total. The molecule has 1 aliphatic heterocycles. The van der Waals surface area contributed by atoms with Gasteiger partial charge in [0, 0.05) is 26.2 Å². The summed E-state index contributed by atoms with van der Waals surface area (Å²) in [5.41, 5.74) is 7.49. The van der Waals surface area contributed by atoms with Crippen molar-refractivity contribution >= 4 is 55.1 Å². The zero-order chi connectivity index (χ0) is 33.1. The van der Waals surface area contributed by atoms with Crippen molar-refractivity contribution in [1.29, 1.82) is 0 Å². The number of amides is 2. The standard InChI is InChI=1S/C33H39N5O6S2/c1-23-35-28-20-25(14-15-29(28)45-23)38(46(41,42)30-13-9-8-12-27(30)34)17-16-26-21-36(18-19-37(26)32(40)44-33(2,3)4)31(39)43-22-24-10-6-5-7-11-24/h5-15,20,26H,16-19,21-22,34H2,1-4H3/t26-/m1/s1. The normalized spacial score (nSPS) is 15.5. The summed E-state index contributed by atoms with van der Waals surface area (Å²) in [5, 5.41) is 0.864. The molecule has 13 heteroatoms. The zero-order valence-corrected chi connectivity index (χ0v) is 28.0. The molecule has 244 valence electrons. The van der Waals surface area contributed by atoms with E-state index >= 15 is 0 Å². The number of nitrogens with two attached hydrogens (primary N) is 1. The van der Waals surface area contributed by atoms with Crippen molar-refractivity contribution in [3.63, 3.8) is 0 Å². The van der Waals surface area contributed by atoms with Gasteiger partial charge in [0.2, 0.25) is 0 Å². The number of para-hydroxylation sites is 1. The van der Waals surface area contributed by atoms with E-state index in [0.29, 0.717) is 11.2 Å². The Morgan fingerprint density at radius 1 is 1.02 bits per heavy atom. The third kappa shape index (κ3) is 7.71. The largest absolute Gasteiger partial charge is 0.445 e. The van der Waals surface area contributed by atoms with Crippen LogP contribution < -0.4 is 10.0 Å². The quantitative estimate of drug-likeness (QED) is 0.226. The molecule has 0 aliphatic carbocycles. The molecule has 3 aromatic carbocycles. The number of benzene rings is 3. The summed E-state index contributed by atoms with van der Waals surface area (Å²) >= 11 is 1.52. The van der Waals surface area contributed by atoms with Gasteiger partial charge >= 0.3 is 12.2 Å². The molecule has 2 heterocycles. The van der Waals surface area contributed by atoms with Crippen molar-refractivity contribution < 1.29 is 27.5 Å². The number of rotatable bonds is 8. The van der Waals surface area contributed by atoms with E-state index in [1.54, 1.807) is 60.9 Å². The molecule has 0 saturated carbocycles. The Bertz CT molecular complexity index is 1810. The second-order valence-electron chi connectivity index (χ2n) is 12.1. The Morgan fingerprint density at radius 3 is 2.46 bits per heavy atom. The van der Waals surface area contributed by atoms with Gasteiger partial charge in [-0.1, -0.05) is 42.5 Å². The molecular weight excluding hydrogens is 627 g/mol. The Labute approximate surface area is 273 Å². The number of anilines is 2. The first-order chi connectivity index (χ1) is 21.8. The molecular formula is C33H39N5O6S2. The number of carbonyl (C=O) groups is 2. The average Bonchev–Trinajstić information content (AvgIpc) is 3.39. The lowest BCUT2D eigenvalue weighted by Gasteiger charge is -2.41. The van der Waals surface area contributed by atoms with Gasteiger partial charge in [-0.25, -0.2) is 23.0 Å². The molecule has 4 aromatic rings. The summed E-state index contributed by atoms with van der Waals surface area (Å²) in [5.74, 6) is 0. The van der Waals surface area contributed by atoms with Crippen LogP contribution in [-0.2, 0) is 26.1 Å². The minimum atomic E-state index is -4.14. The number of piperazine rings is 1. The third-order valence-corrected chi connectivity index (χ3v) is 10.3. The van der Waals surface area contributed by atoms with Crippen LogP contribution in [0.3, 0.4) is 0 Å². The second-order valence-corrected chi connectivity index (χ2v) is 15.2. The SMILES string of the molecule is Cc1nc2cc(N(CC[C@@H]3CN(C(=O)OCc4ccccc4)CCN3C(=O)OC(C)(C)C)S(=O)(=O)c3ccccc3N)ccc2s1. The van der Waals surface area contributed by atoms with Gasteiger partial charge in [-0.2, -0.15) is 0 Å². The minimum absolute atomic E-state index is 0.0117. The van der Waals surface area contributed by atoms with E-state index in [1.807, 2.05) is 43.3 Å². The van der Waals surface area contributed by atoms with Crippen LogP contribution in [0, 0.1) is 6.92 Å². The predicted molar refractivity (Wildman–Crippen MR) is 179 cm³/mol. The lowest BCUT2D eigenvalue weighted by molar-refractivity contribution is -0.00396. The molecule has 5 rings (SSSR count). The van der Waals surface area contributed by atoms with Crippen LogP contribution in [0.25, 0.3) is 10.2 Å². The zero-order valence-electron chi connectivity index (χ0n) is 26.4. The molecule has 1 aromatic heterocycles. The van der Waals surface area contributed by atoms with Crippen molar-refractivity contribution in [2.24, 2.45) is 0 Å². The van der Waals surface area contributed by atoms with E-state index < -0.39 is 33.9 Å². The van der Waals surface area contributed by atoms with Crippen LogP contribution >= 0.6 is 11.3 Å². The van der Waals surface area contributed by atoms with Crippen molar-refractivity contribution in [2.75, 3.05) is 36.2 Å². The molecule has 0 unspecified atom stereocenters. The highest BCUT2D eigenvalue weighted by Gasteiger charge is 2.37. The first-order valence-corrected chi connectivity index (χ1v) is 17.3. The molecule has 2 N–H and O–H groups in total. The van der Waals surface area contributed by atoms with Gasteiger partial charge in [0.05, 0.1) is 32.6 Å². The number of aromatic nitrogens is 1. The third-order valence-electron chi connectivity index (χ3n) is 7.49. The summed E-state index contributed by atoms with van der Waals surface area (Å²) in [6.07, 6.45) is -0.846. The summed E-state index contributed by atoms with van der Waals surface area (Å²) in [6.45, 7) is 7.92. The van der Waals surface area contributed by atoms with Crippen molar-refractivity contribution in [2.45, 2.75) is 57.3 Å². The van der Waals surface area contributed by atoms with Crippen LogP contribution in [0.1, 0.15) is 37.8 Å². The number of ether oxygens (including phenoxy) is 2. The molecule has 1 atom stereocenters. The van der Waals surface area contributed by atoms with Crippen LogP contribution in [0.5, 0.6) is 0 Å². The topological polar surface area (TPSA) is 135 Å². The highest BCUT2D eigenvalue weighted by atomic mass is 32.2. The van der Waals surface area contributed by atoms with Gasteiger partial charge in [-0.3, -0.25) is 4.31 Å². The summed E-state index contributed by atoms with van der Waals surface area (Å²) in [7, 11) is -4.14. The number of hydrogen-bond acceptors (Lipinski definition) is 9. The average molecular weight is 666 g/mol. The Hall–Kier alpha value is -4.36. The summed E-state index contributed by atoms with van der Waals surface area (Å²) in [6, 6.07) is 20.5. The molecule has 1 saturated heterocycles. The smallest absolute Gasteiger partial charge is 0.410 e. The molecule has 1 aliphatic rings. The van der Waals surface area contributed by atoms with E-state index in [-0.39, 0.29) is 49.8 Å². The van der Waals surface area contributed by atoms with E-state index in [9.17, 15) is 18.0 Å². The van der Waals surface area contributed by atoms with Crippen molar-refractivity contribution in [1.82, 2.24) is 14.8 Å². The fourth-order valence-corrected chi connectivity index (χ4v) is 7.71. The van der Waals surface area contributed by atoms with Crippen LogP contribution in [0.15, 0.2) is 77.7 Å². The van der Waals surface area contributed by atoms with Gasteiger partial charge in [0.25, 0.3) is 10.0 Å². The van der Waals surface area contributed by atoms with Gasteiger partial charge in [0.1, 0.15) is 17.1 Å². The fraction of sp³-hybridized carbons (Fsp3) is 0.364. The highest BCUT2D eigenvalue weighted by Crippen LogP contribution is 2.32. The monoisotopic (exact) mass is 665 g/mol. The number of hydrogen-bond donors (Lipinski definition) is 1. The van der Waals surface area contributed by atoms with E-state index in [1.165, 1.54) is 21.7 Å². The molecule has 0 radical (unpaired) electrons. The van der Waals surface area contributed by atoms with Gasteiger partial charge in [-0.15, -0.1) is 11.3 Å². The lowest BCUT2D eigenvalue weighted by Crippen LogP contribution is -2.58.